The molecule has 3 saturated carbocycles. The fraction of sp³-hybridized carbons (Fsp3) is 0.913. The molecular formula is C23H41N3O5S. The summed E-state index contributed by atoms with van der Waals surface area (Å²) in [4.78, 5) is 24.0. The Morgan fingerprint density at radius 1 is 0.875 bits per heavy atom. The Balaban J connectivity index is 1.48. The smallest absolute Gasteiger partial charge is 0.235 e. The third-order valence-electron chi connectivity index (χ3n) is 7.27. The molecule has 0 spiro atoms. The van der Waals surface area contributed by atoms with Gasteiger partial charge in [-0.1, -0.05) is 32.1 Å². The zero-order valence-electron chi connectivity index (χ0n) is 19.7. The number of hydrogen-bond donors (Lipinski definition) is 2. The highest BCUT2D eigenvalue weighted by Crippen LogP contribution is 2.28. The van der Waals surface area contributed by atoms with E-state index in [1.807, 2.05) is 0 Å². The number of hydrogen-bond acceptors (Lipinski definition) is 5. The quantitative estimate of drug-likeness (QED) is 0.566. The van der Waals surface area contributed by atoms with Gasteiger partial charge < -0.3 is 15.4 Å². The van der Waals surface area contributed by atoms with Gasteiger partial charge in [-0.05, 0) is 51.4 Å². The summed E-state index contributed by atoms with van der Waals surface area (Å²) in [6.45, 7) is 1.31. The summed E-state index contributed by atoms with van der Waals surface area (Å²) in [7, 11) is -2.07. The average Bonchev–Trinajstić information content (AvgIpc) is 2.76. The lowest BCUT2D eigenvalue weighted by Gasteiger charge is -2.36. The van der Waals surface area contributed by atoms with Crippen molar-refractivity contribution in [2.24, 2.45) is 0 Å². The first-order valence-electron chi connectivity index (χ1n) is 12.4. The molecule has 2 unspecified atom stereocenters. The van der Waals surface area contributed by atoms with E-state index in [1.165, 1.54) is 37.5 Å². The molecule has 3 aliphatic rings. The molecule has 32 heavy (non-hydrogen) atoms. The van der Waals surface area contributed by atoms with E-state index in [4.69, 9.17) is 4.74 Å². The first kappa shape index (κ1) is 25.4. The van der Waals surface area contributed by atoms with Crippen LogP contribution in [0.2, 0.25) is 0 Å². The van der Waals surface area contributed by atoms with E-state index in [1.54, 1.807) is 0 Å². The molecule has 2 atom stereocenters. The largest absolute Gasteiger partial charge is 0.373 e. The van der Waals surface area contributed by atoms with Crippen LogP contribution in [0.25, 0.3) is 0 Å². The highest BCUT2D eigenvalue weighted by Gasteiger charge is 2.35. The number of ether oxygens (including phenoxy) is 1. The van der Waals surface area contributed by atoms with Crippen molar-refractivity contribution in [3.8, 4) is 0 Å². The van der Waals surface area contributed by atoms with Gasteiger partial charge in [-0.25, -0.2) is 8.42 Å². The lowest BCUT2D eigenvalue weighted by Crippen LogP contribution is -2.51. The predicted molar refractivity (Wildman–Crippen MR) is 124 cm³/mol. The molecule has 0 aromatic heterocycles. The van der Waals surface area contributed by atoms with Gasteiger partial charge in [0.05, 0.1) is 30.0 Å². The monoisotopic (exact) mass is 471 g/mol. The fourth-order valence-electron chi connectivity index (χ4n) is 5.46. The van der Waals surface area contributed by atoms with Crippen LogP contribution in [0.15, 0.2) is 0 Å². The maximum atomic E-state index is 13.0. The second kappa shape index (κ2) is 11.8. The summed E-state index contributed by atoms with van der Waals surface area (Å²) < 4.78 is 33.6. The van der Waals surface area contributed by atoms with Crippen molar-refractivity contribution < 1.29 is 22.7 Å². The molecule has 0 heterocycles. The molecular weight excluding hydrogens is 430 g/mol. The van der Waals surface area contributed by atoms with Crippen LogP contribution in [0.5, 0.6) is 0 Å². The highest BCUT2D eigenvalue weighted by molar-refractivity contribution is 7.89. The van der Waals surface area contributed by atoms with Crippen molar-refractivity contribution in [2.45, 2.75) is 120 Å². The Hall–Kier alpha value is -1.19. The number of rotatable bonds is 8. The van der Waals surface area contributed by atoms with Gasteiger partial charge in [0.25, 0.3) is 0 Å². The molecule has 2 amide bonds. The first-order chi connectivity index (χ1) is 15.3. The van der Waals surface area contributed by atoms with Crippen LogP contribution in [0.3, 0.4) is 0 Å². The maximum absolute atomic E-state index is 13.0. The van der Waals surface area contributed by atoms with E-state index >= 15 is 0 Å². The lowest BCUT2D eigenvalue weighted by molar-refractivity contribution is -0.125. The number of carbonyl (C=O) groups excluding carboxylic acids is 2. The van der Waals surface area contributed by atoms with E-state index in [0.717, 1.165) is 38.5 Å². The number of nitrogens with one attached hydrogen (secondary N) is 2. The second-order valence-corrected chi connectivity index (χ2v) is 12.2. The van der Waals surface area contributed by atoms with Crippen LogP contribution in [0.1, 0.15) is 90.4 Å². The van der Waals surface area contributed by atoms with E-state index in [9.17, 15) is 18.0 Å². The molecule has 0 bridgehead atoms. The van der Waals surface area contributed by atoms with Crippen LogP contribution >= 0.6 is 0 Å². The summed E-state index contributed by atoms with van der Waals surface area (Å²) in [5.41, 5.74) is 0. The minimum Gasteiger partial charge on any atom is -0.373 e. The molecule has 3 aliphatic carbocycles. The van der Waals surface area contributed by atoms with Gasteiger partial charge in [0.2, 0.25) is 21.8 Å². The highest BCUT2D eigenvalue weighted by atomic mass is 32.2. The molecule has 3 rings (SSSR count). The van der Waals surface area contributed by atoms with Crippen molar-refractivity contribution >= 4 is 21.8 Å². The molecule has 3 fully saturated rings. The number of carbonyl (C=O) groups is 2. The van der Waals surface area contributed by atoms with Crippen molar-refractivity contribution in [1.29, 1.82) is 0 Å². The Morgan fingerprint density at radius 3 is 2.16 bits per heavy atom. The number of sulfonamides is 1. The minimum atomic E-state index is -3.56. The molecule has 0 saturated heterocycles. The van der Waals surface area contributed by atoms with Gasteiger partial charge in [0.1, 0.15) is 0 Å². The Labute approximate surface area is 193 Å². The van der Waals surface area contributed by atoms with Crippen molar-refractivity contribution in [3.05, 3.63) is 0 Å². The first-order valence-corrected chi connectivity index (χ1v) is 13.9. The predicted octanol–water partition coefficient (Wildman–Crippen LogP) is 2.47. The van der Waals surface area contributed by atoms with Gasteiger partial charge in [-0.15, -0.1) is 0 Å². The molecule has 0 aromatic rings. The van der Waals surface area contributed by atoms with E-state index in [2.05, 4.69) is 10.6 Å². The summed E-state index contributed by atoms with van der Waals surface area (Å²) in [6, 6.07) is 0.00216. The van der Waals surface area contributed by atoms with Gasteiger partial charge in [0, 0.05) is 20.0 Å². The third kappa shape index (κ3) is 7.15. The summed E-state index contributed by atoms with van der Waals surface area (Å²) >= 11 is 0. The second-order valence-electron chi connectivity index (χ2n) is 9.87. The molecule has 2 N–H and O–H groups in total. The van der Waals surface area contributed by atoms with Gasteiger partial charge >= 0.3 is 0 Å². The zero-order valence-corrected chi connectivity index (χ0v) is 20.5. The zero-order chi connectivity index (χ0) is 23.1. The fourth-order valence-corrected chi connectivity index (χ4v) is 7.14. The minimum absolute atomic E-state index is 0.0294. The summed E-state index contributed by atoms with van der Waals surface area (Å²) in [5.74, 6) is -0.342. The third-order valence-corrected chi connectivity index (χ3v) is 9.58. The molecule has 8 nitrogen and oxygen atoms in total. The van der Waals surface area contributed by atoms with Crippen molar-refractivity contribution in [2.75, 3.05) is 13.6 Å². The Bertz CT molecular complexity index is 730. The average molecular weight is 472 g/mol. The standard InChI is InChI=1S/C23H41N3O5S/c1-17(27)24-18-12-14-20(15-13-18)32(29,30)26(2)16-23(28)25-21-10-6-7-11-22(21)31-19-8-4-3-5-9-19/h18-22H,3-16H2,1-2H3,(H,24,27)(H,25,28). The van der Waals surface area contributed by atoms with Crippen LogP contribution in [0.4, 0.5) is 0 Å². The van der Waals surface area contributed by atoms with Crippen LogP contribution < -0.4 is 10.6 Å². The summed E-state index contributed by atoms with van der Waals surface area (Å²) in [5, 5.41) is 5.45. The molecule has 0 radical (unpaired) electrons. The number of amides is 2. The Morgan fingerprint density at radius 2 is 1.50 bits per heavy atom. The molecule has 0 aliphatic heterocycles. The van der Waals surface area contributed by atoms with Crippen LogP contribution in [-0.2, 0) is 24.3 Å². The van der Waals surface area contributed by atoms with E-state index < -0.39 is 15.3 Å². The van der Waals surface area contributed by atoms with E-state index in [0.29, 0.717) is 31.8 Å². The molecule has 0 aromatic carbocycles. The number of likely N-dealkylation sites (N-methyl/N-ethyl adjacent to an activating group) is 1. The van der Waals surface area contributed by atoms with Crippen LogP contribution in [0, 0.1) is 0 Å². The van der Waals surface area contributed by atoms with Gasteiger partial charge in [-0.3, -0.25) is 9.59 Å². The van der Waals surface area contributed by atoms with Gasteiger partial charge in [-0.2, -0.15) is 4.31 Å². The SMILES string of the molecule is CC(=O)NC1CCC(S(=O)(=O)N(C)CC(=O)NC2CCCCC2OC2CCCCC2)CC1. The molecule has 9 heteroatoms. The number of nitrogens with zero attached hydrogens (tertiary/aromatic N) is 1. The van der Waals surface area contributed by atoms with Crippen molar-refractivity contribution in [3.63, 3.8) is 0 Å². The van der Waals surface area contributed by atoms with Crippen LogP contribution in [-0.4, -0.2) is 67.7 Å². The lowest BCUT2D eigenvalue weighted by atomic mass is 9.91. The van der Waals surface area contributed by atoms with Gasteiger partial charge in [0.15, 0.2) is 0 Å². The Kier molecular flexibility index (Phi) is 9.37. The summed E-state index contributed by atoms with van der Waals surface area (Å²) in [6.07, 6.45) is 12.5. The molecule has 184 valence electrons. The van der Waals surface area contributed by atoms with E-state index in [-0.39, 0.29) is 36.5 Å². The topological polar surface area (TPSA) is 105 Å². The van der Waals surface area contributed by atoms with Crippen molar-refractivity contribution in [1.82, 2.24) is 14.9 Å². The normalized spacial score (nSPS) is 30.1. The maximum Gasteiger partial charge on any atom is 0.235 e.